The van der Waals surface area contributed by atoms with Crippen molar-refractivity contribution in [2.75, 3.05) is 26.7 Å². The lowest BCUT2D eigenvalue weighted by atomic mass is 10.0. The number of likely N-dealkylation sites (N-methyl/N-ethyl adjacent to an activating group) is 1. The summed E-state index contributed by atoms with van der Waals surface area (Å²) in [4.78, 5) is 7.01. The number of aromatic nitrogens is 3. The summed E-state index contributed by atoms with van der Waals surface area (Å²) in [5.74, 6) is 3.00. The maximum atomic E-state index is 9.20. The fourth-order valence-electron chi connectivity index (χ4n) is 2.86. The Hall–Kier alpha value is -0.940. The van der Waals surface area contributed by atoms with Crippen molar-refractivity contribution in [3.8, 4) is 0 Å². The molecule has 0 radical (unpaired) electrons. The maximum Gasteiger partial charge on any atom is 0.155 e. The van der Waals surface area contributed by atoms with Gasteiger partial charge in [0.15, 0.2) is 5.82 Å². The van der Waals surface area contributed by atoms with E-state index in [1.807, 2.05) is 4.68 Å². The molecular formula is C12H20N4O. The van der Waals surface area contributed by atoms with Crippen LogP contribution >= 0.6 is 0 Å². The van der Waals surface area contributed by atoms with E-state index in [1.165, 1.54) is 6.42 Å². The Labute approximate surface area is 101 Å². The lowest BCUT2D eigenvalue weighted by Gasteiger charge is -2.19. The van der Waals surface area contributed by atoms with Gasteiger partial charge in [0.05, 0.1) is 0 Å². The number of hydrogen-bond acceptors (Lipinski definition) is 4. The molecule has 0 amide bonds. The topological polar surface area (TPSA) is 54.2 Å². The summed E-state index contributed by atoms with van der Waals surface area (Å²) in [6.07, 6.45) is 3.17. The highest BCUT2D eigenvalue weighted by Gasteiger charge is 2.27. The molecule has 0 spiro atoms. The van der Waals surface area contributed by atoms with Crippen LogP contribution in [-0.4, -0.2) is 51.5 Å². The van der Waals surface area contributed by atoms with Crippen LogP contribution < -0.4 is 0 Å². The Morgan fingerprint density at radius 3 is 2.94 bits per heavy atom. The molecule has 1 aromatic rings. The molecule has 17 heavy (non-hydrogen) atoms. The molecule has 0 saturated carbocycles. The van der Waals surface area contributed by atoms with E-state index in [0.717, 1.165) is 44.1 Å². The van der Waals surface area contributed by atoms with Crippen molar-refractivity contribution in [3.05, 3.63) is 11.6 Å². The summed E-state index contributed by atoms with van der Waals surface area (Å²) in [6.45, 7) is 3.32. The van der Waals surface area contributed by atoms with Crippen molar-refractivity contribution in [2.45, 2.75) is 31.7 Å². The van der Waals surface area contributed by atoms with E-state index in [-0.39, 0.29) is 6.61 Å². The monoisotopic (exact) mass is 236 g/mol. The Kier molecular flexibility index (Phi) is 2.88. The Bertz CT molecular complexity index is 403. The molecule has 1 aromatic heterocycles. The van der Waals surface area contributed by atoms with Gasteiger partial charge in [0.1, 0.15) is 5.82 Å². The third-order valence-corrected chi connectivity index (χ3v) is 3.99. The molecule has 3 rings (SSSR count). The minimum absolute atomic E-state index is 0.265. The predicted molar refractivity (Wildman–Crippen MR) is 63.8 cm³/mol. The zero-order valence-electron chi connectivity index (χ0n) is 10.3. The zero-order valence-corrected chi connectivity index (χ0v) is 10.3. The van der Waals surface area contributed by atoms with Crippen molar-refractivity contribution < 1.29 is 5.11 Å². The number of aliphatic hydroxyl groups excluding tert-OH is 1. The van der Waals surface area contributed by atoms with Gasteiger partial charge in [0.2, 0.25) is 0 Å². The van der Waals surface area contributed by atoms with E-state index in [1.54, 1.807) is 0 Å². The van der Waals surface area contributed by atoms with Gasteiger partial charge in [-0.25, -0.2) is 9.67 Å². The van der Waals surface area contributed by atoms with Crippen LogP contribution in [0.3, 0.4) is 0 Å². The number of hydrogen-bond donors (Lipinski definition) is 1. The standard InChI is InChI=1S/C12H20N4O/c1-15-5-4-10(7-15)12-13-11-3-2-9(8-17)6-16(11)14-12/h9-10,17H,2-8H2,1H3. The van der Waals surface area contributed by atoms with Crippen LogP contribution in [0, 0.1) is 5.92 Å². The highest BCUT2D eigenvalue weighted by atomic mass is 16.3. The molecule has 1 saturated heterocycles. The molecule has 0 aliphatic carbocycles. The number of rotatable bonds is 2. The van der Waals surface area contributed by atoms with E-state index in [4.69, 9.17) is 0 Å². The summed E-state index contributed by atoms with van der Waals surface area (Å²) in [6, 6.07) is 0. The number of aliphatic hydroxyl groups is 1. The Morgan fingerprint density at radius 2 is 2.24 bits per heavy atom. The van der Waals surface area contributed by atoms with Crippen molar-refractivity contribution in [2.24, 2.45) is 5.92 Å². The average Bonchev–Trinajstić information content (AvgIpc) is 2.93. The Balaban J connectivity index is 1.78. The quantitative estimate of drug-likeness (QED) is 0.800. The van der Waals surface area contributed by atoms with Gasteiger partial charge in [-0.2, -0.15) is 5.10 Å². The molecule has 2 aliphatic heterocycles. The summed E-state index contributed by atoms with van der Waals surface area (Å²) < 4.78 is 2.01. The maximum absolute atomic E-state index is 9.20. The van der Waals surface area contributed by atoms with Crippen LogP contribution in [-0.2, 0) is 13.0 Å². The Morgan fingerprint density at radius 1 is 1.35 bits per heavy atom. The molecule has 2 atom stereocenters. The second-order valence-electron chi connectivity index (χ2n) is 5.40. The number of aryl methyl sites for hydroxylation is 1. The number of likely N-dealkylation sites (tertiary alicyclic amines) is 1. The highest BCUT2D eigenvalue weighted by molar-refractivity contribution is 5.04. The fraction of sp³-hybridized carbons (Fsp3) is 0.833. The van der Waals surface area contributed by atoms with Gasteiger partial charge in [-0.1, -0.05) is 0 Å². The molecule has 3 heterocycles. The van der Waals surface area contributed by atoms with Crippen LogP contribution in [0.1, 0.15) is 30.4 Å². The minimum Gasteiger partial charge on any atom is -0.396 e. The predicted octanol–water partition coefficient (Wildman–Crippen LogP) is 0.252. The first kappa shape index (κ1) is 11.2. The molecule has 1 fully saturated rings. The second kappa shape index (κ2) is 4.38. The third-order valence-electron chi connectivity index (χ3n) is 3.99. The summed E-state index contributed by atoms with van der Waals surface area (Å²) in [5, 5.41) is 13.8. The normalized spacial score (nSPS) is 29.5. The van der Waals surface area contributed by atoms with Gasteiger partial charge in [-0.05, 0) is 26.4 Å². The molecule has 0 bridgehead atoms. The zero-order chi connectivity index (χ0) is 11.8. The summed E-state index contributed by atoms with van der Waals surface area (Å²) in [7, 11) is 2.15. The number of nitrogens with zero attached hydrogens (tertiary/aromatic N) is 4. The van der Waals surface area contributed by atoms with Crippen LogP contribution in [0.25, 0.3) is 0 Å². The van der Waals surface area contributed by atoms with Gasteiger partial charge in [0.25, 0.3) is 0 Å². The third kappa shape index (κ3) is 2.09. The van der Waals surface area contributed by atoms with Gasteiger partial charge >= 0.3 is 0 Å². The first-order valence-electron chi connectivity index (χ1n) is 6.49. The molecule has 5 nitrogen and oxygen atoms in total. The van der Waals surface area contributed by atoms with Gasteiger partial charge in [0, 0.05) is 38.0 Å². The lowest BCUT2D eigenvalue weighted by molar-refractivity contribution is 0.185. The van der Waals surface area contributed by atoms with Crippen molar-refractivity contribution in [1.82, 2.24) is 19.7 Å². The summed E-state index contributed by atoms with van der Waals surface area (Å²) >= 11 is 0. The molecule has 2 aliphatic rings. The van der Waals surface area contributed by atoms with Gasteiger partial charge in [-0.3, -0.25) is 0 Å². The van der Waals surface area contributed by atoms with E-state index < -0.39 is 0 Å². The molecule has 1 N–H and O–H groups in total. The average molecular weight is 236 g/mol. The van der Waals surface area contributed by atoms with Gasteiger partial charge < -0.3 is 10.0 Å². The van der Waals surface area contributed by atoms with Crippen LogP contribution in [0.15, 0.2) is 0 Å². The van der Waals surface area contributed by atoms with E-state index in [9.17, 15) is 5.11 Å². The smallest absolute Gasteiger partial charge is 0.155 e. The lowest BCUT2D eigenvalue weighted by Crippen LogP contribution is -2.23. The van der Waals surface area contributed by atoms with E-state index in [0.29, 0.717) is 11.8 Å². The highest BCUT2D eigenvalue weighted by Crippen LogP contribution is 2.26. The van der Waals surface area contributed by atoms with Crippen molar-refractivity contribution >= 4 is 0 Å². The van der Waals surface area contributed by atoms with Crippen LogP contribution in [0.2, 0.25) is 0 Å². The van der Waals surface area contributed by atoms with Crippen LogP contribution in [0.5, 0.6) is 0 Å². The number of fused-ring (bicyclic) bond motifs is 1. The molecule has 2 unspecified atom stereocenters. The fourth-order valence-corrected chi connectivity index (χ4v) is 2.86. The molecule has 94 valence electrons. The molecular weight excluding hydrogens is 216 g/mol. The molecule has 5 heteroatoms. The summed E-state index contributed by atoms with van der Waals surface area (Å²) in [5.41, 5.74) is 0. The minimum atomic E-state index is 0.265. The molecule has 0 aromatic carbocycles. The first-order chi connectivity index (χ1) is 8.26. The first-order valence-corrected chi connectivity index (χ1v) is 6.49. The SMILES string of the molecule is CN1CCC(c2nc3n(n2)CC(CO)CC3)C1. The van der Waals surface area contributed by atoms with Crippen molar-refractivity contribution in [1.29, 1.82) is 0 Å². The largest absolute Gasteiger partial charge is 0.396 e. The van der Waals surface area contributed by atoms with E-state index >= 15 is 0 Å². The van der Waals surface area contributed by atoms with Gasteiger partial charge in [-0.15, -0.1) is 0 Å². The second-order valence-corrected chi connectivity index (χ2v) is 5.40. The van der Waals surface area contributed by atoms with Crippen LogP contribution in [0.4, 0.5) is 0 Å². The van der Waals surface area contributed by atoms with E-state index in [2.05, 4.69) is 22.0 Å². The van der Waals surface area contributed by atoms with Crippen molar-refractivity contribution in [3.63, 3.8) is 0 Å².